The van der Waals surface area contributed by atoms with Crippen molar-refractivity contribution in [2.45, 2.75) is 83.8 Å². The van der Waals surface area contributed by atoms with E-state index in [-0.39, 0.29) is 30.7 Å². The minimum atomic E-state index is -0.982. The van der Waals surface area contributed by atoms with Crippen molar-refractivity contribution in [3.05, 3.63) is 29.3 Å². The summed E-state index contributed by atoms with van der Waals surface area (Å²) in [5.41, 5.74) is 2.29. The van der Waals surface area contributed by atoms with Crippen LogP contribution in [0.25, 0.3) is 0 Å². The van der Waals surface area contributed by atoms with E-state index in [1.165, 1.54) is 12.5 Å². The second-order valence-electron chi connectivity index (χ2n) is 9.18. The van der Waals surface area contributed by atoms with Gasteiger partial charge in [0.05, 0.1) is 6.10 Å². The van der Waals surface area contributed by atoms with Crippen molar-refractivity contribution in [3.8, 4) is 5.75 Å². The van der Waals surface area contributed by atoms with Crippen LogP contribution in [0, 0.1) is 17.8 Å². The Bertz CT molecular complexity index is 760. The van der Waals surface area contributed by atoms with Crippen LogP contribution in [0.1, 0.15) is 69.9 Å². The zero-order valence-corrected chi connectivity index (χ0v) is 18.7. The number of fused-ring (bicyclic) bond motifs is 2. The van der Waals surface area contributed by atoms with Crippen LogP contribution in [0.5, 0.6) is 5.75 Å². The second kappa shape index (κ2) is 11.0. The highest BCUT2D eigenvalue weighted by Crippen LogP contribution is 2.48. The van der Waals surface area contributed by atoms with E-state index in [0.717, 1.165) is 63.4 Å². The summed E-state index contributed by atoms with van der Waals surface area (Å²) in [5, 5.41) is 19.8. The predicted molar refractivity (Wildman–Crippen MR) is 117 cm³/mol. The Morgan fingerprint density at radius 2 is 2.00 bits per heavy atom. The van der Waals surface area contributed by atoms with Crippen LogP contribution in [0.4, 0.5) is 0 Å². The van der Waals surface area contributed by atoms with Gasteiger partial charge in [-0.05, 0) is 79.9 Å². The molecule has 1 fully saturated rings. The minimum Gasteiger partial charge on any atom is -0.482 e. The molecule has 0 saturated heterocycles. The number of carbonyl (C=O) groups excluding carboxylic acids is 1. The van der Waals surface area contributed by atoms with Gasteiger partial charge in [0.15, 0.2) is 6.61 Å². The maximum Gasteiger partial charge on any atom is 0.341 e. The molecule has 2 aliphatic carbocycles. The van der Waals surface area contributed by atoms with Gasteiger partial charge in [-0.2, -0.15) is 0 Å². The van der Waals surface area contributed by atoms with Crippen LogP contribution < -0.4 is 4.74 Å². The van der Waals surface area contributed by atoms with E-state index >= 15 is 0 Å². The van der Waals surface area contributed by atoms with E-state index in [9.17, 15) is 14.7 Å². The SMILES string of the molecule is CCCCCC(CC[C@@H]1[C@H]2Cc3cccc(OCC(=O)O)c3C[C@H]2C[C@H]1O)OC(C)=O. The third kappa shape index (κ3) is 6.22. The second-order valence-corrected chi connectivity index (χ2v) is 9.18. The molecule has 1 aromatic carbocycles. The van der Waals surface area contributed by atoms with E-state index in [1.807, 2.05) is 12.1 Å². The van der Waals surface area contributed by atoms with Crippen LogP contribution in [-0.4, -0.2) is 41.0 Å². The van der Waals surface area contributed by atoms with E-state index in [4.69, 9.17) is 14.6 Å². The van der Waals surface area contributed by atoms with E-state index in [2.05, 4.69) is 13.0 Å². The lowest BCUT2D eigenvalue weighted by Gasteiger charge is -2.32. The molecule has 1 aromatic rings. The molecule has 0 radical (unpaired) electrons. The van der Waals surface area contributed by atoms with Gasteiger partial charge >= 0.3 is 11.9 Å². The monoisotopic (exact) mass is 432 g/mol. The minimum absolute atomic E-state index is 0.0674. The molecule has 31 heavy (non-hydrogen) atoms. The molecule has 1 saturated carbocycles. The maximum atomic E-state index is 11.5. The first-order chi connectivity index (χ1) is 14.9. The summed E-state index contributed by atoms with van der Waals surface area (Å²) in [6, 6.07) is 5.85. The first-order valence-corrected chi connectivity index (χ1v) is 11.7. The van der Waals surface area contributed by atoms with Crippen molar-refractivity contribution in [1.82, 2.24) is 0 Å². The third-order valence-electron chi connectivity index (χ3n) is 6.98. The fraction of sp³-hybridized carbons (Fsp3) is 0.680. The molecule has 1 unspecified atom stereocenters. The number of unbranched alkanes of at least 4 members (excludes halogenated alkanes) is 2. The summed E-state index contributed by atoms with van der Waals surface area (Å²) in [7, 11) is 0. The number of ether oxygens (including phenoxy) is 2. The summed E-state index contributed by atoms with van der Waals surface area (Å²) in [5.74, 6) is 0.407. The van der Waals surface area contributed by atoms with Gasteiger partial charge in [-0.15, -0.1) is 0 Å². The van der Waals surface area contributed by atoms with Gasteiger partial charge in [0.25, 0.3) is 0 Å². The van der Waals surface area contributed by atoms with Crippen molar-refractivity contribution in [2.24, 2.45) is 17.8 Å². The lowest BCUT2D eigenvalue weighted by molar-refractivity contribution is -0.147. The Morgan fingerprint density at radius 1 is 1.19 bits per heavy atom. The summed E-state index contributed by atoms with van der Waals surface area (Å²) in [6.07, 6.45) is 7.90. The number of aliphatic hydroxyl groups is 1. The van der Waals surface area contributed by atoms with Crippen LogP contribution >= 0.6 is 0 Å². The number of hydrogen-bond acceptors (Lipinski definition) is 5. The summed E-state index contributed by atoms with van der Waals surface area (Å²) < 4.78 is 11.1. The Kier molecular flexibility index (Phi) is 8.35. The molecule has 0 bridgehead atoms. The number of esters is 1. The summed E-state index contributed by atoms with van der Waals surface area (Å²) >= 11 is 0. The largest absolute Gasteiger partial charge is 0.482 e. The molecule has 0 heterocycles. The molecule has 0 spiro atoms. The molecule has 0 aliphatic heterocycles. The van der Waals surface area contributed by atoms with Gasteiger partial charge in [0, 0.05) is 6.92 Å². The maximum absolute atomic E-state index is 11.5. The molecule has 5 atom stereocenters. The number of aliphatic carboxylic acids is 1. The van der Waals surface area contributed by atoms with Crippen molar-refractivity contribution in [3.63, 3.8) is 0 Å². The molecule has 3 rings (SSSR count). The van der Waals surface area contributed by atoms with Crippen LogP contribution in [0.3, 0.4) is 0 Å². The zero-order valence-electron chi connectivity index (χ0n) is 18.7. The molecule has 2 N–H and O–H groups in total. The molecule has 172 valence electrons. The zero-order chi connectivity index (χ0) is 22.4. The number of carboxylic acids is 1. The number of aliphatic hydroxyl groups excluding tert-OH is 1. The summed E-state index contributed by atoms with van der Waals surface area (Å²) in [6.45, 7) is 3.29. The van der Waals surface area contributed by atoms with Gasteiger partial charge in [-0.1, -0.05) is 31.9 Å². The van der Waals surface area contributed by atoms with Crippen LogP contribution in [-0.2, 0) is 27.2 Å². The average Bonchev–Trinajstić information content (AvgIpc) is 3.02. The Balaban J connectivity index is 1.65. The molecular weight excluding hydrogens is 396 g/mol. The van der Waals surface area contributed by atoms with Gasteiger partial charge < -0.3 is 19.7 Å². The molecule has 0 aromatic heterocycles. The Labute approximate surface area is 184 Å². The number of benzene rings is 1. The quantitative estimate of drug-likeness (QED) is 0.403. The molecule has 6 heteroatoms. The molecule has 0 amide bonds. The topological polar surface area (TPSA) is 93.1 Å². The van der Waals surface area contributed by atoms with Crippen molar-refractivity contribution >= 4 is 11.9 Å². The number of carboxylic acid groups (broad SMARTS) is 1. The Hall–Kier alpha value is -2.08. The lowest BCUT2D eigenvalue weighted by atomic mass is 9.73. The lowest BCUT2D eigenvalue weighted by Crippen LogP contribution is -2.28. The van der Waals surface area contributed by atoms with Gasteiger partial charge in [0.2, 0.25) is 0 Å². The Morgan fingerprint density at radius 3 is 2.71 bits per heavy atom. The van der Waals surface area contributed by atoms with Crippen LogP contribution in [0.2, 0.25) is 0 Å². The number of carbonyl (C=O) groups is 2. The number of rotatable bonds is 11. The van der Waals surface area contributed by atoms with Crippen molar-refractivity contribution < 1.29 is 29.3 Å². The molecule has 6 nitrogen and oxygen atoms in total. The van der Waals surface area contributed by atoms with Crippen LogP contribution in [0.15, 0.2) is 18.2 Å². The highest BCUT2D eigenvalue weighted by molar-refractivity contribution is 5.68. The van der Waals surface area contributed by atoms with Gasteiger partial charge in [-0.25, -0.2) is 4.79 Å². The van der Waals surface area contributed by atoms with Crippen molar-refractivity contribution in [2.75, 3.05) is 6.61 Å². The van der Waals surface area contributed by atoms with Crippen molar-refractivity contribution in [1.29, 1.82) is 0 Å². The van der Waals surface area contributed by atoms with Gasteiger partial charge in [-0.3, -0.25) is 4.79 Å². The van der Waals surface area contributed by atoms with E-state index in [1.54, 1.807) is 0 Å². The predicted octanol–water partition coefficient (Wildman–Crippen LogP) is 4.15. The van der Waals surface area contributed by atoms with Gasteiger partial charge in [0.1, 0.15) is 11.9 Å². The van der Waals surface area contributed by atoms with E-state index < -0.39 is 5.97 Å². The molecule has 2 aliphatic rings. The fourth-order valence-corrected chi connectivity index (χ4v) is 5.58. The smallest absolute Gasteiger partial charge is 0.341 e. The average molecular weight is 433 g/mol. The first-order valence-electron chi connectivity index (χ1n) is 11.7. The highest BCUT2D eigenvalue weighted by atomic mass is 16.5. The van der Waals surface area contributed by atoms with E-state index in [0.29, 0.717) is 17.6 Å². The highest BCUT2D eigenvalue weighted by Gasteiger charge is 2.45. The normalized spacial score (nSPS) is 25.4. The molecular formula is C25H36O6. The summed E-state index contributed by atoms with van der Waals surface area (Å²) in [4.78, 5) is 22.4. The fourth-order valence-electron chi connectivity index (χ4n) is 5.58. The first kappa shape index (κ1) is 23.6. The third-order valence-corrected chi connectivity index (χ3v) is 6.98. The standard InChI is InChI=1S/C25H36O6/c1-3-4-5-8-19(31-16(2)26)10-11-20-21-12-17-7-6-9-24(30-15-25(28)29)22(17)13-18(21)14-23(20)27/h6-7,9,18-21,23,27H,3-5,8,10-15H2,1-2H3,(H,28,29)/t18-,19?,20+,21-,23+/m0/s1. The number of hydrogen-bond donors (Lipinski definition) is 2.